The SMILES string of the molecule is CCc1cccc(Nc2nccc(C(=O)NC3CCCCC3)n2)c1. The molecule has 0 bridgehead atoms. The smallest absolute Gasteiger partial charge is 0.270 e. The fraction of sp³-hybridized carbons (Fsp3) is 0.421. The Morgan fingerprint density at radius 2 is 2.04 bits per heavy atom. The van der Waals surface area contributed by atoms with E-state index in [1.54, 1.807) is 12.3 Å². The van der Waals surface area contributed by atoms with Crippen molar-refractivity contribution in [1.82, 2.24) is 15.3 Å². The maximum Gasteiger partial charge on any atom is 0.270 e. The van der Waals surface area contributed by atoms with Gasteiger partial charge in [-0.1, -0.05) is 38.3 Å². The second-order valence-electron chi connectivity index (χ2n) is 6.25. The van der Waals surface area contributed by atoms with Crippen LogP contribution in [0, 0.1) is 0 Å². The minimum absolute atomic E-state index is 0.116. The minimum Gasteiger partial charge on any atom is -0.348 e. The van der Waals surface area contributed by atoms with Gasteiger partial charge in [0.15, 0.2) is 0 Å². The van der Waals surface area contributed by atoms with Gasteiger partial charge in [0.2, 0.25) is 5.95 Å². The van der Waals surface area contributed by atoms with Crippen molar-refractivity contribution in [2.75, 3.05) is 5.32 Å². The molecule has 1 aliphatic carbocycles. The highest BCUT2D eigenvalue weighted by Crippen LogP contribution is 2.18. The largest absolute Gasteiger partial charge is 0.348 e. The van der Waals surface area contributed by atoms with Gasteiger partial charge in [-0.2, -0.15) is 0 Å². The molecule has 0 saturated heterocycles. The van der Waals surface area contributed by atoms with Gasteiger partial charge < -0.3 is 10.6 Å². The molecule has 0 atom stereocenters. The van der Waals surface area contributed by atoms with E-state index in [1.807, 2.05) is 12.1 Å². The van der Waals surface area contributed by atoms with Gasteiger partial charge >= 0.3 is 0 Å². The summed E-state index contributed by atoms with van der Waals surface area (Å²) in [6, 6.07) is 10.1. The number of amides is 1. The van der Waals surface area contributed by atoms with E-state index in [1.165, 1.54) is 24.8 Å². The molecule has 0 aliphatic heterocycles. The molecule has 2 N–H and O–H groups in total. The number of aryl methyl sites for hydroxylation is 1. The number of carbonyl (C=O) groups is 1. The molecule has 2 aromatic rings. The van der Waals surface area contributed by atoms with Crippen LogP contribution in [0.5, 0.6) is 0 Å². The van der Waals surface area contributed by atoms with Crippen molar-refractivity contribution in [3.63, 3.8) is 0 Å². The van der Waals surface area contributed by atoms with Gasteiger partial charge in [-0.05, 0) is 43.0 Å². The number of benzene rings is 1. The summed E-state index contributed by atoms with van der Waals surface area (Å²) in [4.78, 5) is 21.0. The Morgan fingerprint density at radius 3 is 2.83 bits per heavy atom. The number of carbonyl (C=O) groups excluding carboxylic acids is 1. The first-order valence-electron chi connectivity index (χ1n) is 8.74. The average Bonchev–Trinajstić information content (AvgIpc) is 2.63. The van der Waals surface area contributed by atoms with Crippen molar-refractivity contribution < 1.29 is 4.79 Å². The van der Waals surface area contributed by atoms with Crippen LogP contribution in [0.4, 0.5) is 11.6 Å². The van der Waals surface area contributed by atoms with Crippen molar-refractivity contribution in [3.8, 4) is 0 Å². The molecule has 1 aliphatic rings. The molecule has 1 saturated carbocycles. The zero-order valence-electron chi connectivity index (χ0n) is 14.1. The van der Waals surface area contributed by atoms with E-state index in [0.717, 1.165) is 24.9 Å². The highest BCUT2D eigenvalue weighted by atomic mass is 16.1. The lowest BCUT2D eigenvalue weighted by Crippen LogP contribution is -2.36. The monoisotopic (exact) mass is 324 g/mol. The summed E-state index contributed by atoms with van der Waals surface area (Å²) in [5, 5.41) is 6.26. The summed E-state index contributed by atoms with van der Waals surface area (Å²) < 4.78 is 0. The Balaban J connectivity index is 1.67. The summed E-state index contributed by atoms with van der Waals surface area (Å²) in [6.45, 7) is 2.12. The number of nitrogens with one attached hydrogen (secondary N) is 2. The van der Waals surface area contributed by atoms with Crippen molar-refractivity contribution in [2.24, 2.45) is 0 Å². The van der Waals surface area contributed by atoms with E-state index >= 15 is 0 Å². The van der Waals surface area contributed by atoms with E-state index < -0.39 is 0 Å². The molecule has 0 unspecified atom stereocenters. The number of aromatic nitrogens is 2. The second kappa shape index (κ2) is 7.90. The predicted octanol–water partition coefficient (Wildman–Crippen LogP) is 3.85. The van der Waals surface area contributed by atoms with Crippen LogP contribution < -0.4 is 10.6 Å². The lowest BCUT2D eigenvalue weighted by Gasteiger charge is -2.22. The van der Waals surface area contributed by atoms with Gasteiger partial charge in [0, 0.05) is 17.9 Å². The number of hydrogen-bond donors (Lipinski definition) is 2. The maximum absolute atomic E-state index is 12.4. The molecule has 126 valence electrons. The number of nitrogens with zero attached hydrogens (tertiary/aromatic N) is 2. The highest BCUT2D eigenvalue weighted by Gasteiger charge is 2.17. The lowest BCUT2D eigenvalue weighted by atomic mass is 9.95. The van der Waals surface area contributed by atoms with E-state index in [4.69, 9.17) is 0 Å². The van der Waals surface area contributed by atoms with Crippen LogP contribution in [0.1, 0.15) is 55.1 Å². The topological polar surface area (TPSA) is 66.9 Å². The van der Waals surface area contributed by atoms with Crippen LogP contribution in [-0.2, 0) is 6.42 Å². The maximum atomic E-state index is 12.4. The summed E-state index contributed by atoms with van der Waals surface area (Å²) in [5.74, 6) is 0.328. The molecule has 1 aromatic heterocycles. The highest BCUT2D eigenvalue weighted by molar-refractivity contribution is 5.92. The zero-order chi connectivity index (χ0) is 16.8. The standard InChI is InChI=1S/C19H24N4O/c1-2-14-7-6-10-16(13-14)22-19-20-12-11-17(23-19)18(24)21-15-8-4-3-5-9-15/h6-7,10-13,15H,2-5,8-9H2,1H3,(H,21,24)(H,20,22,23). The second-order valence-corrected chi connectivity index (χ2v) is 6.25. The van der Waals surface area contributed by atoms with Crippen LogP contribution >= 0.6 is 0 Å². The van der Waals surface area contributed by atoms with Gasteiger partial charge in [0.05, 0.1) is 0 Å². The van der Waals surface area contributed by atoms with Crippen molar-refractivity contribution in [3.05, 3.63) is 47.8 Å². The average molecular weight is 324 g/mol. The Morgan fingerprint density at radius 1 is 1.21 bits per heavy atom. The predicted molar refractivity (Wildman–Crippen MR) is 95.5 cm³/mol. The Bertz CT molecular complexity index is 695. The first kappa shape index (κ1) is 16.4. The van der Waals surface area contributed by atoms with Gasteiger partial charge in [-0.25, -0.2) is 9.97 Å². The molecule has 24 heavy (non-hydrogen) atoms. The summed E-state index contributed by atoms with van der Waals surface area (Å²) in [5.41, 5.74) is 2.58. The van der Waals surface area contributed by atoms with Crippen LogP contribution in [0.3, 0.4) is 0 Å². The molecule has 1 heterocycles. The normalized spacial score (nSPS) is 15.0. The number of hydrogen-bond acceptors (Lipinski definition) is 4. The molecule has 0 radical (unpaired) electrons. The van der Waals surface area contributed by atoms with E-state index in [2.05, 4.69) is 39.7 Å². The fourth-order valence-corrected chi connectivity index (χ4v) is 3.05. The zero-order valence-corrected chi connectivity index (χ0v) is 14.1. The molecule has 0 spiro atoms. The first-order chi connectivity index (χ1) is 11.7. The third-order valence-corrected chi connectivity index (χ3v) is 4.42. The molecule has 1 amide bonds. The molecule has 3 rings (SSSR count). The van der Waals surface area contributed by atoms with Crippen LogP contribution in [0.2, 0.25) is 0 Å². The third kappa shape index (κ3) is 4.31. The summed E-state index contributed by atoms with van der Waals surface area (Å²) >= 11 is 0. The van der Waals surface area contributed by atoms with Gasteiger partial charge in [-0.15, -0.1) is 0 Å². The van der Waals surface area contributed by atoms with Crippen molar-refractivity contribution in [2.45, 2.75) is 51.5 Å². The molecule has 5 heteroatoms. The van der Waals surface area contributed by atoms with Gasteiger partial charge in [0.1, 0.15) is 5.69 Å². The summed E-state index contributed by atoms with van der Waals surface area (Å²) in [7, 11) is 0. The van der Waals surface area contributed by atoms with E-state index in [9.17, 15) is 4.79 Å². The van der Waals surface area contributed by atoms with Gasteiger partial charge in [-0.3, -0.25) is 4.79 Å². The van der Waals surface area contributed by atoms with Crippen LogP contribution in [0.15, 0.2) is 36.5 Å². The van der Waals surface area contributed by atoms with Crippen LogP contribution in [0.25, 0.3) is 0 Å². The molecule has 1 fully saturated rings. The fourth-order valence-electron chi connectivity index (χ4n) is 3.05. The molecule has 5 nitrogen and oxygen atoms in total. The Kier molecular flexibility index (Phi) is 5.41. The van der Waals surface area contributed by atoms with Crippen molar-refractivity contribution >= 4 is 17.5 Å². The number of anilines is 2. The molecule has 1 aromatic carbocycles. The van der Waals surface area contributed by atoms with Crippen molar-refractivity contribution in [1.29, 1.82) is 0 Å². The van der Waals surface area contributed by atoms with Gasteiger partial charge in [0.25, 0.3) is 5.91 Å². The lowest BCUT2D eigenvalue weighted by molar-refractivity contribution is 0.0922. The first-order valence-corrected chi connectivity index (χ1v) is 8.74. The van der Waals surface area contributed by atoms with E-state index in [-0.39, 0.29) is 11.9 Å². The summed E-state index contributed by atoms with van der Waals surface area (Å²) in [6.07, 6.45) is 8.36. The Hall–Kier alpha value is -2.43. The van der Waals surface area contributed by atoms with E-state index in [0.29, 0.717) is 11.6 Å². The minimum atomic E-state index is -0.116. The third-order valence-electron chi connectivity index (χ3n) is 4.42. The Labute approximate surface area is 142 Å². The molecular formula is C19H24N4O. The van der Waals surface area contributed by atoms with Crippen LogP contribution in [-0.4, -0.2) is 21.9 Å². The number of rotatable bonds is 5. The quantitative estimate of drug-likeness (QED) is 0.877. The molecular weight excluding hydrogens is 300 g/mol.